The lowest BCUT2D eigenvalue weighted by molar-refractivity contribution is -0.123. The van der Waals surface area contributed by atoms with Crippen molar-refractivity contribution in [3.05, 3.63) is 56.4 Å². The van der Waals surface area contributed by atoms with Crippen LogP contribution in [0.5, 0.6) is 17.2 Å². The summed E-state index contributed by atoms with van der Waals surface area (Å²) < 4.78 is 15.9. The maximum atomic E-state index is 12.9. The van der Waals surface area contributed by atoms with Crippen molar-refractivity contribution >= 4 is 52.2 Å². The molecule has 1 aliphatic rings. The molecule has 0 radical (unpaired) electrons. The first-order valence-corrected chi connectivity index (χ1v) is 9.95. The molecule has 0 aromatic heterocycles. The Morgan fingerprint density at radius 2 is 1.55 bits per heavy atom. The van der Waals surface area contributed by atoms with Crippen molar-refractivity contribution in [2.75, 3.05) is 21.3 Å². The molecule has 0 saturated carbocycles. The molecule has 2 amide bonds. The van der Waals surface area contributed by atoms with Crippen LogP contribution < -0.4 is 14.2 Å². The molecular formula is C20H17Cl2NO5S. The molecule has 1 fully saturated rings. The van der Waals surface area contributed by atoms with Crippen LogP contribution in [0.4, 0.5) is 4.79 Å². The summed E-state index contributed by atoms with van der Waals surface area (Å²) in [6.45, 7) is -0.0103. The fraction of sp³-hybridized carbons (Fsp3) is 0.200. The van der Waals surface area contributed by atoms with Gasteiger partial charge in [0, 0.05) is 27.2 Å². The van der Waals surface area contributed by atoms with Crippen molar-refractivity contribution in [3.63, 3.8) is 0 Å². The van der Waals surface area contributed by atoms with Crippen LogP contribution in [0.25, 0.3) is 6.08 Å². The molecule has 0 atom stereocenters. The standard InChI is InChI=1S/C20H17Cl2NO5S/c1-26-15-9-17(28-3)16(27-2)7-11(15)8-18-19(24)23(20(25)29-18)10-12-13(21)5-4-6-14(12)22/h4-9H,10H2,1-3H3. The Morgan fingerprint density at radius 1 is 0.966 bits per heavy atom. The average Bonchev–Trinajstić information content (AvgIpc) is 2.97. The van der Waals surface area contributed by atoms with E-state index in [1.165, 1.54) is 21.3 Å². The number of benzene rings is 2. The number of amides is 2. The quantitative estimate of drug-likeness (QED) is 0.556. The third-order valence-electron chi connectivity index (χ3n) is 4.27. The minimum absolute atomic E-state index is 0.0103. The van der Waals surface area contributed by atoms with E-state index in [2.05, 4.69) is 0 Å². The normalized spacial score (nSPS) is 15.2. The third-order valence-corrected chi connectivity index (χ3v) is 5.89. The highest BCUT2D eigenvalue weighted by atomic mass is 35.5. The molecule has 1 saturated heterocycles. The van der Waals surface area contributed by atoms with E-state index in [1.807, 2.05) is 0 Å². The first-order valence-electron chi connectivity index (χ1n) is 8.37. The van der Waals surface area contributed by atoms with Crippen LogP contribution in [0.2, 0.25) is 10.0 Å². The van der Waals surface area contributed by atoms with Crippen LogP contribution in [-0.4, -0.2) is 37.4 Å². The number of ether oxygens (including phenoxy) is 3. The highest BCUT2D eigenvalue weighted by Crippen LogP contribution is 2.39. The monoisotopic (exact) mass is 453 g/mol. The molecule has 2 aromatic rings. The zero-order valence-electron chi connectivity index (χ0n) is 15.8. The molecular weight excluding hydrogens is 437 g/mol. The number of thioether (sulfide) groups is 1. The van der Waals surface area contributed by atoms with Crippen molar-refractivity contribution in [1.82, 2.24) is 4.90 Å². The molecule has 0 aliphatic carbocycles. The molecule has 0 spiro atoms. The Labute approximate surface area is 182 Å². The van der Waals surface area contributed by atoms with Gasteiger partial charge in [-0.3, -0.25) is 14.5 Å². The zero-order chi connectivity index (χ0) is 21.1. The van der Waals surface area contributed by atoms with Gasteiger partial charge in [-0.1, -0.05) is 29.3 Å². The Balaban J connectivity index is 1.94. The van der Waals surface area contributed by atoms with E-state index in [1.54, 1.807) is 36.4 Å². The van der Waals surface area contributed by atoms with Gasteiger partial charge in [0.15, 0.2) is 11.5 Å². The van der Waals surface area contributed by atoms with Crippen molar-refractivity contribution < 1.29 is 23.8 Å². The SMILES string of the molecule is COc1cc(OC)c(OC)cc1C=C1SC(=O)N(Cc2c(Cl)cccc2Cl)C1=O. The Bertz CT molecular complexity index is 988. The zero-order valence-corrected chi connectivity index (χ0v) is 18.2. The van der Waals surface area contributed by atoms with Crippen molar-refractivity contribution in [2.24, 2.45) is 0 Å². The fourth-order valence-corrected chi connectivity index (χ4v) is 4.13. The minimum Gasteiger partial charge on any atom is -0.496 e. The second kappa shape index (κ2) is 8.98. The van der Waals surface area contributed by atoms with E-state index < -0.39 is 11.1 Å². The lowest BCUT2D eigenvalue weighted by Crippen LogP contribution is -2.27. The molecule has 152 valence electrons. The van der Waals surface area contributed by atoms with Crippen molar-refractivity contribution in [2.45, 2.75) is 6.54 Å². The summed E-state index contributed by atoms with van der Waals surface area (Å²) >= 11 is 13.2. The van der Waals surface area contributed by atoms with Crippen LogP contribution in [0.15, 0.2) is 35.2 Å². The predicted molar refractivity (Wildman–Crippen MR) is 114 cm³/mol. The van der Waals surface area contributed by atoms with Gasteiger partial charge in [-0.05, 0) is 36.0 Å². The smallest absolute Gasteiger partial charge is 0.293 e. The number of hydrogen-bond donors (Lipinski definition) is 0. The number of imide groups is 1. The molecule has 0 bridgehead atoms. The maximum Gasteiger partial charge on any atom is 0.293 e. The maximum absolute atomic E-state index is 12.9. The van der Waals surface area contributed by atoms with E-state index >= 15 is 0 Å². The number of rotatable bonds is 6. The second-order valence-electron chi connectivity index (χ2n) is 5.92. The molecule has 9 heteroatoms. The molecule has 2 aromatic carbocycles. The average molecular weight is 454 g/mol. The van der Waals surface area contributed by atoms with Gasteiger partial charge in [-0.25, -0.2) is 0 Å². The lowest BCUT2D eigenvalue weighted by Gasteiger charge is -2.15. The summed E-state index contributed by atoms with van der Waals surface area (Å²) in [4.78, 5) is 26.7. The Kier molecular flexibility index (Phi) is 6.62. The molecule has 0 unspecified atom stereocenters. The van der Waals surface area contributed by atoms with Crippen LogP contribution in [0, 0.1) is 0 Å². The van der Waals surface area contributed by atoms with E-state index in [9.17, 15) is 9.59 Å². The summed E-state index contributed by atoms with van der Waals surface area (Å²) in [5.74, 6) is 1.00. The minimum atomic E-state index is -0.437. The predicted octanol–water partition coefficient (Wildman–Crippen LogP) is 5.26. The lowest BCUT2D eigenvalue weighted by atomic mass is 10.1. The van der Waals surface area contributed by atoms with Gasteiger partial charge in [0.2, 0.25) is 0 Å². The van der Waals surface area contributed by atoms with Gasteiger partial charge < -0.3 is 14.2 Å². The van der Waals surface area contributed by atoms with Gasteiger partial charge >= 0.3 is 0 Å². The first kappa shape index (κ1) is 21.4. The van der Waals surface area contributed by atoms with Crippen molar-refractivity contribution in [3.8, 4) is 17.2 Å². The third kappa shape index (κ3) is 4.32. The van der Waals surface area contributed by atoms with Gasteiger partial charge in [0.1, 0.15) is 5.75 Å². The summed E-state index contributed by atoms with van der Waals surface area (Å²) in [6.07, 6.45) is 1.58. The highest BCUT2D eigenvalue weighted by molar-refractivity contribution is 8.18. The summed E-state index contributed by atoms with van der Waals surface area (Å²) in [7, 11) is 4.53. The number of halogens is 2. The van der Waals surface area contributed by atoms with Gasteiger partial charge in [-0.2, -0.15) is 0 Å². The molecule has 1 heterocycles. The number of carbonyl (C=O) groups excluding carboxylic acids is 2. The highest BCUT2D eigenvalue weighted by Gasteiger charge is 2.36. The van der Waals surface area contributed by atoms with Crippen LogP contribution in [0.3, 0.4) is 0 Å². The summed E-state index contributed by atoms with van der Waals surface area (Å²) in [5, 5.41) is 0.376. The van der Waals surface area contributed by atoms with E-state index in [0.717, 1.165) is 16.7 Å². The van der Waals surface area contributed by atoms with Gasteiger partial charge in [0.05, 0.1) is 32.8 Å². The number of nitrogens with zero attached hydrogens (tertiary/aromatic N) is 1. The van der Waals surface area contributed by atoms with E-state index in [-0.39, 0.29) is 11.4 Å². The van der Waals surface area contributed by atoms with Crippen LogP contribution >= 0.6 is 35.0 Å². The topological polar surface area (TPSA) is 65.1 Å². The fourth-order valence-electron chi connectivity index (χ4n) is 2.78. The van der Waals surface area contributed by atoms with E-state index in [0.29, 0.717) is 38.4 Å². The van der Waals surface area contributed by atoms with Crippen LogP contribution in [0.1, 0.15) is 11.1 Å². The number of hydrogen-bond acceptors (Lipinski definition) is 6. The summed E-state index contributed by atoms with van der Waals surface area (Å²) in [5.41, 5.74) is 1.09. The molecule has 3 rings (SSSR count). The number of carbonyl (C=O) groups is 2. The number of methoxy groups -OCH3 is 3. The Hall–Kier alpha value is -2.35. The van der Waals surface area contributed by atoms with E-state index in [4.69, 9.17) is 37.4 Å². The van der Waals surface area contributed by atoms with Crippen LogP contribution in [-0.2, 0) is 11.3 Å². The largest absolute Gasteiger partial charge is 0.496 e. The molecule has 1 aliphatic heterocycles. The first-order chi connectivity index (χ1) is 13.9. The summed E-state index contributed by atoms with van der Waals surface area (Å²) in [6, 6.07) is 8.35. The van der Waals surface area contributed by atoms with Gasteiger partial charge in [0.25, 0.3) is 11.1 Å². The van der Waals surface area contributed by atoms with Gasteiger partial charge in [-0.15, -0.1) is 0 Å². The second-order valence-corrected chi connectivity index (χ2v) is 7.72. The van der Waals surface area contributed by atoms with Crippen molar-refractivity contribution in [1.29, 1.82) is 0 Å². The Morgan fingerprint density at radius 3 is 2.14 bits per heavy atom. The molecule has 0 N–H and O–H groups in total. The molecule has 6 nitrogen and oxygen atoms in total. The molecule has 29 heavy (non-hydrogen) atoms.